The zero-order valence-electron chi connectivity index (χ0n) is 8.16. The summed E-state index contributed by atoms with van der Waals surface area (Å²) in [4.78, 5) is 12.0. The van der Waals surface area contributed by atoms with E-state index < -0.39 is 0 Å². The molecule has 1 saturated carbocycles. The van der Waals surface area contributed by atoms with E-state index in [1.807, 2.05) is 11.4 Å². The van der Waals surface area contributed by atoms with Crippen LogP contribution in [-0.2, 0) is 0 Å². The number of carbonyl (C=O) groups excluding carboxylic acids is 1. The SMILES string of the molecule is Nc1sccc1C(=O)C1CCCCC1. The molecule has 0 saturated heterocycles. The van der Waals surface area contributed by atoms with Crippen LogP contribution >= 0.6 is 11.3 Å². The lowest BCUT2D eigenvalue weighted by molar-refractivity contribution is 0.0891. The lowest BCUT2D eigenvalue weighted by Gasteiger charge is -2.19. The fraction of sp³-hybridized carbons (Fsp3) is 0.545. The van der Waals surface area contributed by atoms with Crippen molar-refractivity contribution in [3.8, 4) is 0 Å². The fourth-order valence-corrected chi connectivity index (χ4v) is 2.76. The van der Waals surface area contributed by atoms with Gasteiger partial charge < -0.3 is 5.73 Å². The number of nitrogen functional groups attached to an aromatic ring is 1. The van der Waals surface area contributed by atoms with Crippen molar-refractivity contribution >= 4 is 22.1 Å². The summed E-state index contributed by atoms with van der Waals surface area (Å²) < 4.78 is 0. The van der Waals surface area contributed by atoms with E-state index in [-0.39, 0.29) is 11.7 Å². The summed E-state index contributed by atoms with van der Waals surface area (Å²) in [6.45, 7) is 0. The second kappa shape index (κ2) is 4.13. The average Bonchev–Trinajstić information content (AvgIpc) is 2.65. The topological polar surface area (TPSA) is 43.1 Å². The standard InChI is InChI=1S/C11H15NOS/c12-11-9(6-7-14-11)10(13)8-4-2-1-3-5-8/h6-8H,1-5,12H2. The summed E-state index contributed by atoms with van der Waals surface area (Å²) in [5.41, 5.74) is 6.50. The Morgan fingerprint density at radius 1 is 1.36 bits per heavy atom. The molecule has 14 heavy (non-hydrogen) atoms. The highest BCUT2D eigenvalue weighted by molar-refractivity contribution is 7.14. The van der Waals surface area contributed by atoms with Crippen LogP contribution in [0.5, 0.6) is 0 Å². The Balaban J connectivity index is 2.11. The molecule has 0 radical (unpaired) electrons. The number of anilines is 1. The number of nitrogens with two attached hydrogens (primary N) is 1. The van der Waals surface area contributed by atoms with Crippen LogP contribution in [-0.4, -0.2) is 5.78 Å². The molecule has 0 spiro atoms. The Bertz CT molecular complexity index is 326. The first-order valence-electron chi connectivity index (χ1n) is 5.16. The first-order valence-corrected chi connectivity index (χ1v) is 6.04. The maximum atomic E-state index is 12.0. The second-order valence-corrected chi connectivity index (χ2v) is 4.85. The zero-order valence-corrected chi connectivity index (χ0v) is 8.98. The molecular weight excluding hydrogens is 194 g/mol. The molecular formula is C11H15NOS. The van der Waals surface area contributed by atoms with Crippen molar-refractivity contribution in [2.24, 2.45) is 5.92 Å². The number of rotatable bonds is 2. The monoisotopic (exact) mass is 209 g/mol. The molecule has 0 atom stereocenters. The zero-order chi connectivity index (χ0) is 9.97. The van der Waals surface area contributed by atoms with Crippen LogP contribution in [0.3, 0.4) is 0 Å². The predicted octanol–water partition coefficient (Wildman–Crippen LogP) is 3.09. The highest BCUT2D eigenvalue weighted by Crippen LogP contribution is 2.30. The maximum Gasteiger partial charge on any atom is 0.168 e. The molecule has 1 aromatic heterocycles. The van der Waals surface area contributed by atoms with Gasteiger partial charge in [0.2, 0.25) is 0 Å². The molecule has 1 fully saturated rings. The minimum absolute atomic E-state index is 0.237. The number of thiophene rings is 1. The number of hydrogen-bond acceptors (Lipinski definition) is 3. The summed E-state index contributed by atoms with van der Waals surface area (Å²) in [6, 6.07) is 1.86. The van der Waals surface area contributed by atoms with Crippen molar-refractivity contribution in [3.63, 3.8) is 0 Å². The molecule has 1 aromatic rings. The maximum absolute atomic E-state index is 12.0. The van der Waals surface area contributed by atoms with Crippen molar-refractivity contribution in [2.45, 2.75) is 32.1 Å². The lowest BCUT2D eigenvalue weighted by Crippen LogP contribution is -2.18. The van der Waals surface area contributed by atoms with E-state index in [0.717, 1.165) is 18.4 Å². The fourth-order valence-electron chi connectivity index (χ4n) is 2.11. The number of hydrogen-bond donors (Lipinski definition) is 1. The van der Waals surface area contributed by atoms with Crippen molar-refractivity contribution in [1.82, 2.24) is 0 Å². The van der Waals surface area contributed by atoms with E-state index in [2.05, 4.69) is 0 Å². The largest absolute Gasteiger partial charge is 0.390 e. The van der Waals surface area contributed by atoms with Gasteiger partial charge in [0.05, 0.1) is 10.6 Å². The molecule has 0 aliphatic heterocycles. The molecule has 2 rings (SSSR count). The van der Waals surface area contributed by atoms with Crippen molar-refractivity contribution in [3.05, 3.63) is 17.0 Å². The molecule has 0 bridgehead atoms. The van der Waals surface area contributed by atoms with E-state index >= 15 is 0 Å². The molecule has 2 nitrogen and oxygen atoms in total. The van der Waals surface area contributed by atoms with Crippen molar-refractivity contribution < 1.29 is 4.79 Å². The number of ketones is 1. The smallest absolute Gasteiger partial charge is 0.168 e. The third-order valence-corrected chi connectivity index (χ3v) is 3.68. The van der Waals surface area contributed by atoms with Crippen LogP contribution in [0, 0.1) is 5.92 Å². The van der Waals surface area contributed by atoms with Crippen LogP contribution < -0.4 is 5.73 Å². The third-order valence-electron chi connectivity index (χ3n) is 2.94. The Morgan fingerprint density at radius 3 is 2.64 bits per heavy atom. The minimum Gasteiger partial charge on any atom is -0.390 e. The van der Waals surface area contributed by atoms with Gasteiger partial charge in [-0.2, -0.15) is 0 Å². The highest BCUT2D eigenvalue weighted by Gasteiger charge is 2.23. The minimum atomic E-state index is 0.237. The van der Waals surface area contributed by atoms with Gasteiger partial charge in [-0.3, -0.25) is 4.79 Å². The van der Waals surface area contributed by atoms with Crippen LogP contribution in [0.1, 0.15) is 42.5 Å². The molecule has 1 aliphatic carbocycles. The van der Waals surface area contributed by atoms with E-state index in [9.17, 15) is 4.79 Å². The van der Waals surface area contributed by atoms with Crippen LogP contribution in [0.2, 0.25) is 0 Å². The Kier molecular flexibility index (Phi) is 2.87. The molecule has 0 amide bonds. The van der Waals surface area contributed by atoms with E-state index in [1.165, 1.54) is 30.6 Å². The predicted molar refractivity (Wildman–Crippen MR) is 59.6 cm³/mol. The van der Waals surface area contributed by atoms with Crippen molar-refractivity contribution in [1.29, 1.82) is 0 Å². The van der Waals surface area contributed by atoms with Crippen molar-refractivity contribution in [2.75, 3.05) is 5.73 Å². The van der Waals surface area contributed by atoms with E-state index in [4.69, 9.17) is 5.73 Å². The molecule has 3 heteroatoms. The third kappa shape index (κ3) is 1.82. The van der Waals surface area contributed by atoms with Crippen LogP contribution in [0.15, 0.2) is 11.4 Å². The van der Waals surface area contributed by atoms with Gasteiger partial charge in [-0.05, 0) is 24.3 Å². The summed E-state index contributed by atoms with van der Waals surface area (Å²) in [7, 11) is 0. The van der Waals surface area contributed by atoms with Gasteiger partial charge >= 0.3 is 0 Å². The number of carbonyl (C=O) groups is 1. The van der Waals surface area contributed by atoms with Gasteiger partial charge in [0.25, 0.3) is 0 Å². The first kappa shape index (κ1) is 9.71. The van der Waals surface area contributed by atoms with Gasteiger partial charge in [-0.1, -0.05) is 19.3 Å². The molecule has 1 aliphatic rings. The highest BCUT2D eigenvalue weighted by atomic mass is 32.1. The second-order valence-electron chi connectivity index (χ2n) is 3.90. The molecule has 2 N–H and O–H groups in total. The Morgan fingerprint density at radius 2 is 2.07 bits per heavy atom. The van der Waals surface area contributed by atoms with Gasteiger partial charge in [0.1, 0.15) is 0 Å². The van der Waals surface area contributed by atoms with Gasteiger partial charge in [-0.25, -0.2) is 0 Å². The van der Waals surface area contributed by atoms with Gasteiger partial charge in [0.15, 0.2) is 5.78 Å². The number of Topliss-reactive ketones (excluding diaryl/α,β-unsaturated/α-hetero) is 1. The summed E-state index contributed by atoms with van der Waals surface area (Å²) >= 11 is 1.45. The van der Waals surface area contributed by atoms with Gasteiger partial charge in [0, 0.05) is 5.92 Å². The summed E-state index contributed by atoms with van der Waals surface area (Å²) in [6.07, 6.45) is 5.77. The van der Waals surface area contributed by atoms with Gasteiger partial charge in [-0.15, -0.1) is 11.3 Å². The van der Waals surface area contributed by atoms with Crippen LogP contribution in [0.4, 0.5) is 5.00 Å². The quantitative estimate of drug-likeness (QED) is 0.760. The first-order chi connectivity index (χ1) is 6.79. The average molecular weight is 209 g/mol. The van der Waals surface area contributed by atoms with Crippen LogP contribution in [0.25, 0.3) is 0 Å². The Hall–Kier alpha value is -0.830. The molecule has 0 aromatic carbocycles. The summed E-state index contributed by atoms with van der Waals surface area (Å²) in [5, 5.41) is 2.58. The molecule has 1 heterocycles. The Labute approximate surface area is 88.1 Å². The molecule has 0 unspecified atom stereocenters. The normalized spacial score (nSPS) is 18.3. The van der Waals surface area contributed by atoms with E-state index in [0.29, 0.717) is 5.00 Å². The molecule has 76 valence electrons. The summed E-state index contributed by atoms with van der Waals surface area (Å²) in [5.74, 6) is 0.504. The lowest BCUT2D eigenvalue weighted by atomic mass is 9.84. The van der Waals surface area contributed by atoms with E-state index in [1.54, 1.807) is 0 Å².